The molecule has 2 aromatic heterocycles. The number of oxazole rings is 1. The number of aliphatic hydroxyl groups excluding tert-OH is 1. The summed E-state index contributed by atoms with van der Waals surface area (Å²) < 4.78 is 88.4. The summed E-state index contributed by atoms with van der Waals surface area (Å²) in [5, 5.41) is 18.3. The van der Waals surface area contributed by atoms with E-state index in [9.17, 15) is 22.7 Å². The lowest BCUT2D eigenvalue weighted by Gasteiger charge is -2.27. The summed E-state index contributed by atoms with van der Waals surface area (Å²) in [6.45, 7) is -2.98. The van der Waals surface area contributed by atoms with Crippen molar-refractivity contribution in [1.82, 2.24) is 24.6 Å². The fraction of sp³-hybridized carbons (Fsp3) is 0.300. The highest BCUT2D eigenvalue weighted by molar-refractivity contribution is 5.84. The van der Waals surface area contributed by atoms with Gasteiger partial charge < -0.3 is 14.1 Å². The van der Waals surface area contributed by atoms with Crippen LogP contribution in [0.2, 0.25) is 0 Å². The number of hydrogen-bond donors (Lipinski definition) is 1. The minimum Gasteiger partial charge on any atom is -0.435 e. The van der Waals surface area contributed by atoms with E-state index in [4.69, 9.17) is 8.53 Å². The molecule has 1 aliphatic carbocycles. The summed E-state index contributed by atoms with van der Waals surface area (Å²) in [5.41, 5.74) is 0.489. The second-order valence-electron chi connectivity index (χ2n) is 10.2. The number of rotatable bonds is 6. The third kappa shape index (κ3) is 5.22. The third-order valence-corrected chi connectivity index (χ3v) is 7.41. The van der Waals surface area contributed by atoms with E-state index in [1.165, 1.54) is 24.5 Å². The summed E-state index contributed by atoms with van der Waals surface area (Å²) in [6.07, 6.45) is -2.75. The first-order chi connectivity index (χ1) is 20.8. The number of fused-ring (bicyclic) bond motifs is 1. The molecular weight excluding hydrogens is 538 g/mol. The maximum Gasteiger partial charge on any atom is 0.420 e. The summed E-state index contributed by atoms with van der Waals surface area (Å²) in [7, 11) is 1.72. The minimum absolute atomic E-state index is 0.0771. The van der Waals surface area contributed by atoms with Crippen LogP contribution in [-0.2, 0) is 19.8 Å². The molecule has 2 atom stereocenters. The zero-order valence-corrected chi connectivity index (χ0v) is 21.9. The number of hydrogen-bond acceptors (Lipinski definition) is 6. The van der Waals surface area contributed by atoms with Crippen molar-refractivity contribution in [3.63, 3.8) is 0 Å². The maximum atomic E-state index is 14.3. The van der Waals surface area contributed by atoms with E-state index < -0.39 is 42.3 Å². The molecule has 0 saturated heterocycles. The molecule has 5 aromatic rings. The van der Waals surface area contributed by atoms with Gasteiger partial charge in [-0.05, 0) is 79.3 Å². The largest absolute Gasteiger partial charge is 0.435 e. The Bertz CT molecular complexity index is 1840. The fourth-order valence-corrected chi connectivity index (χ4v) is 5.41. The zero-order chi connectivity index (χ0) is 31.4. The molecule has 1 aliphatic rings. The summed E-state index contributed by atoms with van der Waals surface area (Å²) in [5.74, 6) is -0.132. The van der Waals surface area contributed by atoms with Crippen LogP contribution < -0.4 is 0 Å². The normalized spacial score (nSPS) is 19.0. The quantitative estimate of drug-likeness (QED) is 0.237. The van der Waals surface area contributed by atoms with Crippen molar-refractivity contribution in [2.24, 2.45) is 7.05 Å². The Morgan fingerprint density at radius 3 is 2.63 bits per heavy atom. The Balaban J connectivity index is 1.42. The van der Waals surface area contributed by atoms with Crippen molar-refractivity contribution in [1.29, 1.82) is 0 Å². The molecule has 0 amide bonds. The highest BCUT2D eigenvalue weighted by atomic mass is 19.4. The van der Waals surface area contributed by atoms with E-state index >= 15 is 0 Å². The van der Waals surface area contributed by atoms with E-state index in [0.29, 0.717) is 47.3 Å². The van der Waals surface area contributed by atoms with Crippen molar-refractivity contribution in [3.05, 3.63) is 77.9 Å². The summed E-state index contributed by atoms with van der Waals surface area (Å²) >= 11 is 0. The molecule has 1 N–H and O–H groups in total. The molecule has 41 heavy (non-hydrogen) atoms. The van der Waals surface area contributed by atoms with Gasteiger partial charge in [-0.1, -0.05) is 18.2 Å². The molecule has 0 spiro atoms. The third-order valence-electron chi connectivity index (χ3n) is 7.41. The van der Waals surface area contributed by atoms with Gasteiger partial charge in [-0.3, -0.25) is 4.90 Å². The molecule has 0 aliphatic heterocycles. The van der Waals surface area contributed by atoms with Crippen molar-refractivity contribution in [3.8, 4) is 34.0 Å². The SMILES string of the molecule is [2H]C([2H])([2H])N(Cc1cc(C(F)(F)F)c2oc(-c3cccc(-c4ccc(F)cc4-c4nncn4C)c3)nc2c1)[C@@H]1CCC[C@@H]1O. The van der Waals surface area contributed by atoms with E-state index in [-0.39, 0.29) is 23.5 Å². The number of likely N-dealkylation sites (N-methyl/N-ethyl adjacent to an activating group) is 1. The molecule has 3 aromatic carbocycles. The van der Waals surface area contributed by atoms with Gasteiger partial charge in [0.1, 0.15) is 23.2 Å². The van der Waals surface area contributed by atoms with Crippen LogP contribution in [0, 0.1) is 5.82 Å². The van der Waals surface area contributed by atoms with Gasteiger partial charge in [0.2, 0.25) is 5.89 Å². The van der Waals surface area contributed by atoms with Gasteiger partial charge in [0, 0.05) is 34.9 Å². The van der Waals surface area contributed by atoms with Gasteiger partial charge in [-0.15, -0.1) is 10.2 Å². The predicted octanol–water partition coefficient (Wildman–Crippen LogP) is 6.46. The molecule has 1 fully saturated rings. The Kier molecular flexibility index (Phi) is 5.98. The molecule has 0 unspecified atom stereocenters. The molecule has 0 bridgehead atoms. The Morgan fingerprint density at radius 1 is 1.10 bits per heavy atom. The minimum atomic E-state index is -4.82. The van der Waals surface area contributed by atoms with Gasteiger partial charge in [0.25, 0.3) is 0 Å². The van der Waals surface area contributed by atoms with Gasteiger partial charge in [0.15, 0.2) is 11.4 Å². The highest BCUT2D eigenvalue weighted by Gasteiger charge is 2.36. The van der Waals surface area contributed by atoms with Crippen molar-refractivity contribution >= 4 is 11.1 Å². The smallest absolute Gasteiger partial charge is 0.420 e. The number of aromatic nitrogens is 4. The van der Waals surface area contributed by atoms with Crippen LogP contribution in [-0.4, -0.2) is 48.9 Å². The molecule has 0 radical (unpaired) electrons. The van der Waals surface area contributed by atoms with Crippen molar-refractivity contribution in [2.45, 2.75) is 44.1 Å². The average molecular weight is 569 g/mol. The molecule has 6 rings (SSSR count). The lowest BCUT2D eigenvalue weighted by Crippen LogP contribution is -2.37. The zero-order valence-electron chi connectivity index (χ0n) is 24.9. The highest BCUT2D eigenvalue weighted by Crippen LogP contribution is 2.39. The molecule has 11 heteroatoms. The Labute approximate surface area is 237 Å². The topological polar surface area (TPSA) is 80.2 Å². The second-order valence-corrected chi connectivity index (χ2v) is 10.2. The number of benzene rings is 3. The molecule has 212 valence electrons. The van der Waals surface area contributed by atoms with Crippen LogP contribution in [0.3, 0.4) is 0 Å². The van der Waals surface area contributed by atoms with E-state index in [2.05, 4.69) is 15.2 Å². The van der Waals surface area contributed by atoms with Crippen molar-refractivity contribution in [2.75, 3.05) is 6.98 Å². The number of aryl methyl sites for hydroxylation is 1. The summed E-state index contributed by atoms with van der Waals surface area (Å²) in [6, 6.07) is 12.5. The Hall–Kier alpha value is -4.09. The molecule has 2 heterocycles. The first-order valence-electron chi connectivity index (χ1n) is 14.5. The van der Waals surface area contributed by atoms with Crippen LogP contribution in [0.5, 0.6) is 0 Å². The van der Waals surface area contributed by atoms with E-state index in [0.717, 1.165) is 11.0 Å². The van der Waals surface area contributed by atoms with Crippen LogP contribution in [0.25, 0.3) is 45.1 Å². The first-order valence-corrected chi connectivity index (χ1v) is 13.0. The number of aliphatic hydroxyl groups is 1. The maximum absolute atomic E-state index is 14.3. The van der Waals surface area contributed by atoms with Gasteiger partial charge in [-0.2, -0.15) is 13.2 Å². The van der Waals surface area contributed by atoms with Gasteiger partial charge in [-0.25, -0.2) is 9.37 Å². The first kappa shape index (κ1) is 23.6. The van der Waals surface area contributed by atoms with Crippen LogP contribution in [0.1, 0.15) is 34.5 Å². The van der Waals surface area contributed by atoms with Crippen molar-refractivity contribution < 1.29 is 31.2 Å². The fourth-order valence-electron chi connectivity index (χ4n) is 5.41. The molecule has 1 saturated carbocycles. The van der Waals surface area contributed by atoms with E-state index in [1.807, 2.05) is 0 Å². The molecular formula is C30H27F4N5O2. The number of halogens is 4. The Morgan fingerprint density at radius 2 is 1.93 bits per heavy atom. The van der Waals surface area contributed by atoms with E-state index in [1.54, 1.807) is 41.9 Å². The number of alkyl halides is 3. The van der Waals surface area contributed by atoms with Crippen LogP contribution >= 0.6 is 0 Å². The lowest BCUT2D eigenvalue weighted by atomic mass is 9.97. The van der Waals surface area contributed by atoms with Gasteiger partial charge in [0.05, 0.1) is 6.10 Å². The monoisotopic (exact) mass is 568 g/mol. The average Bonchev–Trinajstić information content (AvgIpc) is 3.69. The summed E-state index contributed by atoms with van der Waals surface area (Å²) in [4.78, 5) is 5.45. The predicted molar refractivity (Wildman–Crippen MR) is 145 cm³/mol. The van der Waals surface area contributed by atoms with Gasteiger partial charge >= 0.3 is 6.18 Å². The van der Waals surface area contributed by atoms with Crippen LogP contribution in [0.15, 0.2) is 65.3 Å². The lowest BCUT2D eigenvalue weighted by molar-refractivity contribution is -0.136. The number of nitrogens with zero attached hydrogens (tertiary/aromatic N) is 5. The standard InChI is InChI=1S/C30H27F4N5O2/c1-38(25-7-4-8-26(25)40)15-17-11-23(30(32,33)34)27-24(12-17)36-29(41-27)19-6-3-5-18(13-19)21-10-9-20(31)14-22(21)28-37-35-16-39(28)2/h3,5-6,9-14,16,25-26,40H,4,7-8,15H2,1-2H3/t25-,26+/m1/s1/i1D3. The molecule has 7 nitrogen and oxygen atoms in total. The second kappa shape index (κ2) is 10.4. The van der Waals surface area contributed by atoms with Crippen LogP contribution in [0.4, 0.5) is 17.6 Å².